The second kappa shape index (κ2) is 5.31. The van der Waals surface area contributed by atoms with Gasteiger partial charge >= 0.3 is 6.36 Å². The zero-order valence-corrected chi connectivity index (χ0v) is 10.4. The number of carbonyl (C=O) groups excluding carboxylic acids is 1. The van der Waals surface area contributed by atoms with Crippen molar-refractivity contribution < 1.29 is 22.7 Å². The molecule has 1 heterocycles. The van der Waals surface area contributed by atoms with Crippen LogP contribution in [0.3, 0.4) is 0 Å². The van der Waals surface area contributed by atoms with Gasteiger partial charge in [-0.2, -0.15) is 0 Å². The first-order valence-corrected chi connectivity index (χ1v) is 5.65. The van der Waals surface area contributed by atoms with Crippen LogP contribution in [0.2, 0.25) is 0 Å². The number of amides is 1. The van der Waals surface area contributed by atoms with Crippen LogP contribution in [0.5, 0.6) is 5.75 Å². The number of aromatic nitrogens is 1. The topological polar surface area (TPSA) is 85.2 Å². The molecule has 1 aromatic carbocycles. The number of hydrogen-bond donors (Lipinski definition) is 2. The van der Waals surface area contributed by atoms with Crippen LogP contribution in [0.1, 0.15) is 10.4 Å². The average Bonchev–Trinajstić information content (AvgIpc) is 2.36. The summed E-state index contributed by atoms with van der Waals surface area (Å²) in [5.41, 5.74) is 5.16. The summed E-state index contributed by atoms with van der Waals surface area (Å²) in [7, 11) is 0. The zero-order chi connectivity index (χ0) is 15.6. The quantitative estimate of drug-likeness (QED) is 0.909. The number of primary amides is 1. The highest BCUT2D eigenvalue weighted by Gasteiger charge is 2.31. The molecule has 110 valence electrons. The van der Waals surface area contributed by atoms with E-state index in [1.165, 1.54) is 24.4 Å². The molecule has 0 spiro atoms. The van der Waals surface area contributed by atoms with Crippen LogP contribution in [-0.2, 0) is 0 Å². The summed E-state index contributed by atoms with van der Waals surface area (Å²) < 4.78 is 40.2. The Morgan fingerprint density at radius 1 is 1.19 bits per heavy atom. The number of nitrogens with one attached hydrogen (secondary N) is 1. The fraction of sp³-hybridized carbons (Fsp3) is 0.0769. The van der Waals surface area contributed by atoms with Gasteiger partial charge in [-0.25, -0.2) is 0 Å². The third-order valence-electron chi connectivity index (χ3n) is 2.58. The predicted octanol–water partition coefficient (Wildman–Crippen LogP) is 2.04. The summed E-state index contributed by atoms with van der Waals surface area (Å²) in [6.07, 6.45) is -3.52. The first-order valence-electron chi connectivity index (χ1n) is 5.65. The van der Waals surface area contributed by atoms with E-state index in [1.54, 1.807) is 0 Å². The first kappa shape index (κ1) is 14.6. The van der Waals surface area contributed by atoms with Gasteiger partial charge in [0.05, 0.1) is 5.56 Å². The van der Waals surface area contributed by atoms with Crippen molar-refractivity contribution in [3.05, 3.63) is 52.4 Å². The molecule has 0 fully saturated rings. The maximum absolute atomic E-state index is 12.2. The number of nitrogens with two attached hydrogens (primary N) is 1. The van der Waals surface area contributed by atoms with Gasteiger partial charge in [-0.3, -0.25) is 9.59 Å². The van der Waals surface area contributed by atoms with Gasteiger partial charge in [-0.1, -0.05) is 0 Å². The van der Waals surface area contributed by atoms with E-state index in [-0.39, 0.29) is 11.1 Å². The molecule has 2 aromatic rings. The highest BCUT2D eigenvalue weighted by atomic mass is 19.4. The second-order valence-corrected chi connectivity index (χ2v) is 4.06. The fourth-order valence-corrected chi connectivity index (χ4v) is 1.79. The van der Waals surface area contributed by atoms with Crippen molar-refractivity contribution in [2.45, 2.75) is 6.36 Å². The average molecular weight is 298 g/mol. The molecule has 1 amide bonds. The third kappa shape index (κ3) is 3.62. The summed E-state index contributed by atoms with van der Waals surface area (Å²) in [5.74, 6) is -1.50. The number of alkyl halides is 3. The summed E-state index contributed by atoms with van der Waals surface area (Å²) in [6.45, 7) is 0. The van der Waals surface area contributed by atoms with E-state index in [9.17, 15) is 22.8 Å². The van der Waals surface area contributed by atoms with Crippen LogP contribution in [-0.4, -0.2) is 17.3 Å². The van der Waals surface area contributed by atoms with E-state index in [1.807, 2.05) is 0 Å². The standard InChI is InChI=1S/C13H9F3N2O3/c14-13(15,16)21-8-1-2-9(10(6-8)12(17)20)7-3-4-18-11(19)5-7/h1-6H,(H2,17,20)(H,18,19). The second-order valence-electron chi connectivity index (χ2n) is 4.06. The minimum Gasteiger partial charge on any atom is -0.406 e. The molecule has 0 bridgehead atoms. The lowest BCUT2D eigenvalue weighted by Gasteiger charge is -2.12. The summed E-state index contributed by atoms with van der Waals surface area (Å²) in [4.78, 5) is 25.0. The number of halogens is 3. The van der Waals surface area contributed by atoms with Gasteiger partial charge in [0.25, 0.3) is 0 Å². The summed E-state index contributed by atoms with van der Waals surface area (Å²) in [5, 5.41) is 0. The van der Waals surface area contributed by atoms with Gasteiger partial charge in [-0.05, 0) is 35.4 Å². The molecule has 0 radical (unpaired) electrons. The van der Waals surface area contributed by atoms with Crippen molar-refractivity contribution in [1.82, 2.24) is 4.98 Å². The smallest absolute Gasteiger partial charge is 0.406 e. The van der Waals surface area contributed by atoms with Gasteiger partial charge < -0.3 is 15.5 Å². The lowest BCUT2D eigenvalue weighted by atomic mass is 10.00. The van der Waals surface area contributed by atoms with Gasteiger partial charge in [0, 0.05) is 12.3 Å². The lowest BCUT2D eigenvalue weighted by molar-refractivity contribution is -0.274. The Hall–Kier alpha value is -2.77. The van der Waals surface area contributed by atoms with E-state index < -0.39 is 23.6 Å². The Morgan fingerprint density at radius 3 is 2.48 bits per heavy atom. The van der Waals surface area contributed by atoms with Gasteiger partial charge in [0.2, 0.25) is 11.5 Å². The Kier molecular flexibility index (Phi) is 3.70. The molecule has 0 saturated heterocycles. The van der Waals surface area contributed by atoms with Gasteiger partial charge in [0.15, 0.2) is 0 Å². The molecule has 0 aliphatic rings. The minimum absolute atomic E-state index is 0.178. The number of hydrogen-bond acceptors (Lipinski definition) is 3. The zero-order valence-electron chi connectivity index (χ0n) is 10.4. The SMILES string of the molecule is NC(=O)c1cc(OC(F)(F)F)ccc1-c1cc[nH]c(=O)c1. The molecule has 0 unspecified atom stereocenters. The Balaban J connectivity index is 2.52. The molecular weight excluding hydrogens is 289 g/mol. The Labute approximate surface area is 116 Å². The van der Waals surface area contributed by atoms with Crippen molar-refractivity contribution in [2.24, 2.45) is 5.73 Å². The van der Waals surface area contributed by atoms with E-state index >= 15 is 0 Å². The van der Waals surface area contributed by atoms with Crippen LogP contribution in [0.25, 0.3) is 11.1 Å². The van der Waals surface area contributed by atoms with E-state index in [2.05, 4.69) is 9.72 Å². The molecule has 8 heteroatoms. The van der Waals surface area contributed by atoms with E-state index in [4.69, 9.17) is 5.73 Å². The van der Waals surface area contributed by atoms with Crippen LogP contribution in [0.15, 0.2) is 41.3 Å². The highest BCUT2D eigenvalue weighted by molar-refractivity contribution is 6.00. The molecule has 5 nitrogen and oxygen atoms in total. The number of carbonyl (C=O) groups is 1. The van der Waals surface area contributed by atoms with Crippen molar-refractivity contribution in [3.63, 3.8) is 0 Å². The minimum atomic E-state index is -4.87. The number of benzene rings is 1. The molecule has 1 aromatic heterocycles. The summed E-state index contributed by atoms with van der Waals surface area (Å²) in [6, 6.07) is 5.85. The number of H-pyrrole nitrogens is 1. The van der Waals surface area contributed by atoms with E-state index in [0.717, 1.165) is 12.1 Å². The number of pyridine rings is 1. The lowest BCUT2D eigenvalue weighted by Crippen LogP contribution is -2.18. The van der Waals surface area contributed by atoms with Crippen LogP contribution >= 0.6 is 0 Å². The van der Waals surface area contributed by atoms with Crippen LogP contribution < -0.4 is 16.0 Å². The van der Waals surface area contributed by atoms with Crippen molar-refractivity contribution >= 4 is 5.91 Å². The maximum atomic E-state index is 12.2. The van der Waals surface area contributed by atoms with Crippen molar-refractivity contribution in [1.29, 1.82) is 0 Å². The highest BCUT2D eigenvalue weighted by Crippen LogP contribution is 2.29. The molecular formula is C13H9F3N2O3. The molecule has 0 atom stereocenters. The number of rotatable bonds is 3. The van der Waals surface area contributed by atoms with Gasteiger partial charge in [-0.15, -0.1) is 13.2 Å². The third-order valence-corrected chi connectivity index (χ3v) is 2.58. The molecule has 21 heavy (non-hydrogen) atoms. The Bertz CT molecular complexity index is 738. The predicted molar refractivity (Wildman–Crippen MR) is 67.7 cm³/mol. The summed E-state index contributed by atoms with van der Waals surface area (Å²) >= 11 is 0. The van der Waals surface area contributed by atoms with Crippen molar-refractivity contribution in [2.75, 3.05) is 0 Å². The van der Waals surface area contributed by atoms with Crippen LogP contribution in [0, 0.1) is 0 Å². The van der Waals surface area contributed by atoms with Crippen molar-refractivity contribution in [3.8, 4) is 16.9 Å². The molecule has 3 N–H and O–H groups in total. The Morgan fingerprint density at radius 2 is 1.90 bits per heavy atom. The molecule has 0 aliphatic carbocycles. The van der Waals surface area contributed by atoms with Gasteiger partial charge in [0.1, 0.15) is 5.75 Å². The number of ether oxygens (including phenoxy) is 1. The first-order chi connectivity index (χ1) is 9.76. The van der Waals surface area contributed by atoms with Crippen LogP contribution in [0.4, 0.5) is 13.2 Å². The monoisotopic (exact) mass is 298 g/mol. The largest absolute Gasteiger partial charge is 0.573 e. The molecule has 0 saturated carbocycles. The normalized spacial score (nSPS) is 11.2. The number of aromatic amines is 1. The maximum Gasteiger partial charge on any atom is 0.573 e. The molecule has 0 aliphatic heterocycles. The molecule has 2 rings (SSSR count). The van der Waals surface area contributed by atoms with E-state index in [0.29, 0.717) is 5.56 Å². The fourth-order valence-electron chi connectivity index (χ4n) is 1.79.